The lowest BCUT2D eigenvalue weighted by Gasteiger charge is -2.39. The normalized spacial score (nSPS) is 13.9. The summed E-state index contributed by atoms with van der Waals surface area (Å²) in [5.74, 6) is 1.03. The molecule has 5 rings (SSSR count). The van der Waals surface area contributed by atoms with Crippen molar-refractivity contribution in [3.63, 3.8) is 0 Å². The summed E-state index contributed by atoms with van der Waals surface area (Å²) >= 11 is 7.34. The zero-order chi connectivity index (χ0) is 26.3. The summed E-state index contributed by atoms with van der Waals surface area (Å²) in [6.07, 6.45) is 1.18. The van der Waals surface area contributed by atoms with Gasteiger partial charge >= 0.3 is 6.09 Å². The van der Waals surface area contributed by atoms with Gasteiger partial charge in [-0.25, -0.2) is 9.78 Å². The highest BCUT2D eigenvalue weighted by atomic mass is 35.5. The molecule has 1 fully saturated rings. The molecule has 1 aliphatic rings. The number of pyridine rings is 1. The van der Waals surface area contributed by atoms with Gasteiger partial charge in [0, 0.05) is 22.8 Å². The highest BCUT2D eigenvalue weighted by Crippen LogP contribution is 2.33. The van der Waals surface area contributed by atoms with Crippen LogP contribution >= 0.6 is 22.9 Å². The van der Waals surface area contributed by atoms with Crippen molar-refractivity contribution in [2.45, 2.75) is 32.5 Å². The van der Waals surface area contributed by atoms with E-state index >= 15 is 0 Å². The van der Waals surface area contributed by atoms with Crippen LogP contribution in [0.15, 0.2) is 59.5 Å². The maximum Gasteiger partial charge on any atom is 0.410 e. The highest BCUT2D eigenvalue weighted by Gasteiger charge is 2.35. The van der Waals surface area contributed by atoms with Crippen molar-refractivity contribution >= 4 is 39.2 Å². The van der Waals surface area contributed by atoms with Crippen molar-refractivity contribution in [2.24, 2.45) is 0 Å². The SMILES string of the molecule is COc1cc(-n2ccc3nc(-c4ccc(Cl)cc4)sc3c2=O)ccc1OC1CN(C(=O)OC(C)(C)C)C1. The van der Waals surface area contributed by atoms with Crippen molar-refractivity contribution in [1.82, 2.24) is 14.5 Å². The monoisotopic (exact) mass is 539 g/mol. The smallest absolute Gasteiger partial charge is 0.410 e. The number of likely N-dealkylation sites (tertiary alicyclic amines) is 1. The Morgan fingerprint density at radius 1 is 1.08 bits per heavy atom. The van der Waals surface area contributed by atoms with Crippen LogP contribution in [0.5, 0.6) is 11.5 Å². The van der Waals surface area contributed by atoms with E-state index in [2.05, 4.69) is 4.98 Å². The third kappa shape index (κ3) is 5.28. The van der Waals surface area contributed by atoms with Crippen LogP contribution in [0.4, 0.5) is 4.79 Å². The summed E-state index contributed by atoms with van der Waals surface area (Å²) in [4.78, 5) is 31.7. The first-order valence-electron chi connectivity index (χ1n) is 11.7. The summed E-state index contributed by atoms with van der Waals surface area (Å²) in [6, 6.07) is 14.5. The van der Waals surface area contributed by atoms with Gasteiger partial charge in [0.1, 0.15) is 21.4 Å². The van der Waals surface area contributed by atoms with E-state index in [1.54, 1.807) is 53.1 Å². The van der Waals surface area contributed by atoms with Crippen LogP contribution in [-0.2, 0) is 4.74 Å². The Hall–Kier alpha value is -3.56. The first-order valence-corrected chi connectivity index (χ1v) is 12.9. The van der Waals surface area contributed by atoms with Gasteiger partial charge in [-0.05, 0) is 51.1 Å². The molecule has 1 aliphatic heterocycles. The third-order valence-electron chi connectivity index (χ3n) is 5.76. The molecule has 2 aromatic carbocycles. The number of nitrogens with zero attached hydrogens (tertiary/aromatic N) is 3. The third-order valence-corrected chi connectivity index (χ3v) is 7.12. The van der Waals surface area contributed by atoms with Crippen molar-refractivity contribution in [3.8, 4) is 27.8 Å². The molecule has 0 saturated carbocycles. The summed E-state index contributed by atoms with van der Waals surface area (Å²) in [7, 11) is 1.55. The fourth-order valence-corrected chi connectivity index (χ4v) is 5.03. The Bertz CT molecular complexity index is 1520. The van der Waals surface area contributed by atoms with Gasteiger partial charge < -0.3 is 19.1 Å². The van der Waals surface area contributed by atoms with E-state index in [1.165, 1.54) is 11.3 Å². The van der Waals surface area contributed by atoms with Crippen LogP contribution in [0.25, 0.3) is 26.5 Å². The van der Waals surface area contributed by atoms with Crippen molar-refractivity contribution in [1.29, 1.82) is 0 Å². The summed E-state index contributed by atoms with van der Waals surface area (Å²) in [5.41, 5.74) is 1.47. The minimum absolute atomic E-state index is 0.169. The van der Waals surface area contributed by atoms with Gasteiger partial charge in [0.25, 0.3) is 5.56 Å². The molecule has 37 heavy (non-hydrogen) atoms. The number of carbonyl (C=O) groups excluding carboxylic acids is 1. The number of hydrogen-bond acceptors (Lipinski definition) is 7. The lowest BCUT2D eigenvalue weighted by Crippen LogP contribution is -2.57. The van der Waals surface area contributed by atoms with Crippen LogP contribution in [0.1, 0.15) is 20.8 Å². The molecular formula is C27H26ClN3O5S. The van der Waals surface area contributed by atoms with Crippen molar-refractivity contribution in [3.05, 3.63) is 70.1 Å². The van der Waals surface area contributed by atoms with E-state index in [0.29, 0.717) is 45.5 Å². The maximum atomic E-state index is 13.3. The van der Waals surface area contributed by atoms with E-state index < -0.39 is 5.60 Å². The molecule has 0 aliphatic carbocycles. The summed E-state index contributed by atoms with van der Waals surface area (Å²) in [6.45, 7) is 6.36. The zero-order valence-electron chi connectivity index (χ0n) is 20.9. The number of benzene rings is 2. The zero-order valence-corrected chi connectivity index (χ0v) is 22.4. The Kier molecular flexibility index (Phi) is 6.59. The first kappa shape index (κ1) is 25.1. The number of hydrogen-bond donors (Lipinski definition) is 0. The quantitative estimate of drug-likeness (QED) is 0.320. The van der Waals surface area contributed by atoms with Crippen molar-refractivity contribution < 1.29 is 19.0 Å². The van der Waals surface area contributed by atoms with Crippen LogP contribution in [-0.4, -0.2) is 52.4 Å². The van der Waals surface area contributed by atoms with Gasteiger partial charge in [-0.3, -0.25) is 9.36 Å². The number of halogens is 1. The van der Waals surface area contributed by atoms with Gasteiger partial charge in [0.2, 0.25) is 0 Å². The molecule has 0 N–H and O–H groups in total. The summed E-state index contributed by atoms with van der Waals surface area (Å²) < 4.78 is 19.1. The predicted octanol–water partition coefficient (Wildman–Crippen LogP) is 5.77. The molecule has 0 bridgehead atoms. The number of carbonyl (C=O) groups is 1. The molecule has 0 atom stereocenters. The average molecular weight is 540 g/mol. The van der Waals surface area contributed by atoms with Crippen LogP contribution in [0.3, 0.4) is 0 Å². The van der Waals surface area contributed by atoms with Crippen LogP contribution in [0, 0.1) is 0 Å². The molecule has 10 heteroatoms. The second-order valence-electron chi connectivity index (χ2n) is 9.69. The number of fused-ring (bicyclic) bond motifs is 1. The molecule has 0 radical (unpaired) electrons. The van der Waals surface area contributed by atoms with Gasteiger partial charge in [0.15, 0.2) is 11.5 Å². The molecule has 4 aromatic rings. The minimum Gasteiger partial charge on any atom is -0.493 e. The molecule has 2 aromatic heterocycles. The first-order chi connectivity index (χ1) is 17.6. The standard InChI is InChI=1S/C27H26ClN3O5S/c1-27(2,3)36-26(33)30-14-19(15-30)35-21-10-9-18(13-22(21)34-4)31-12-11-20-23(25(31)32)37-24(29-20)16-5-7-17(28)8-6-16/h5-13,19H,14-15H2,1-4H3. The largest absolute Gasteiger partial charge is 0.493 e. The molecule has 192 valence electrons. The topological polar surface area (TPSA) is 82.9 Å². The highest BCUT2D eigenvalue weighted by molar-refractivity contribution is 7.21. The molecule has 3 heterocycles. The Morgan fingerprint density at radius 3 is 2.49 bits per heavy atom. The molecule has 8 nitrogen and oxygen atoms in total. The number of amides is 1. The second-order valence-corrected chi connectivity index (χ2v) is 11.1. The number of rotatable bonds is 5. The predicted molar refractivity (Wildman–Crippen MR) is 144 cm³/mol. The van der Waals surface area contributed by atoms with Crippen LogP contribution in [0.2, 0.25) is 5.02 Å². The number of aromatic nitrogens is 2. The van der Waals surface area contributed by atoms with Gasteiger partial charge in [0.05, 0.1) is 31.4 Å². The second kappa shape index (κ2) is 9.72. The number of thiazole rings is 1. The maximum absolute atomic E-state index is 13.3. The Morgan fingerprint density at radius 2 is 1.81 bits per heavy atom. The Labute approximate surface area is 223 Å². The van der Waals surface area contributed by atoms with E-state index in [1.807, 2.05) is 39.0 Å². The number of ether oxygens (including phenoxy) is 3. The van der Waals surface area contributed by atoms with Gasteiger partial charge in [-0.15, -0.1) is 11.3 Å². The molecule has 0 unspecified atom stereocenters. The number of methoxy groups -OCH3 is 1. The van der Waals surface area contributed by atoms with Crippen molar-refractivity contribution in [2.75, 3.05) is 20.2 Å². The van der Waals surface area contributed by atoms with E-state index in [0.717, 1.165) is 10.6 Å². The van der Waals surface area contributed by atoms with Gasteiger partial charge in [-0.1, -0.05) is 23.7 Å². The Balaban J connectivity index is 1.34. The fourth-order valence-electron chi connectivity index (χ4n) is 3.91. The average Bonchev–Trinajstić information content (AvgIpc) is 3.26. The van der Waals surface area contributed by atoms with E-state index in [-0.39, 0.29) is 17.8 Å². The lowest BCUT2D eigenvalue weighted by molar-refractivity contribution is -0.0226. The van der Waals surface area contributed by atoms with Crippen LogP contribution < -0.4 is 15.0 Å². The minimum atomic E-state index is -0.542. The fraction of sp³-hybridized carbons (Fsp3) is 0.296. The summed E-state index contributed by atoms with van der Waals surface area (Å²) in [5, 5.41) is 1.40. The molecule has 1 amide bonds. The molecule has 1 saturated heterocycles. The molecule has 0 spiro atoms. The van der Waals surface area contributed by atoms with Gasteiger partial charge in [-0.2, -0.15) is 0 Å². The van der Waals surface area contributed by atoms with E-state index in [9.17, 15) is 9.59 Å². The molecular weight excluding hydrogens is 514 g/mol. The lowest BCUT2D eigenvalue weighted by atomic mass is 10.1. The van der Waals surface area contributed by atoms with E-state index in [4.69, 9.17) is 25.8 Å².